The number of benzene rings is 1. The molecule has 0 spiro atoms. The van der Waals surface area contributed by atoms with Crippen LogP contribution in [0.2, 0.25) is 0 Å². The zero-order valence-corrected chi connectivity index (χ0v) is 18.5. The van der Waals surface area contributed by atoms with Crippen LogP contribution in [0.25, 0.3) is 0 Å². The van der Waals surface area contributed by atoms with Crippen LogP contribution in [0.1, 0.15) is 40.4 Å². The van der Waals surface area contributed by atoms with Crippen LogP contribution >= 0.6 is 12.4 Å². The maximum absolute atomic E-state index is 14.3. The predicted octanol–water partition coefficient (Wildman–Crippen LogP) is 3.72. The second-order valence-electron chi connectivity index (χ2n) is 8.21. The molecule has 2 aliphatic rings. The van der Waals surface area contributed by atoms with Crippen molar-refractivity contribution in [3.8, 4) is 0 Å². The molecule has 7 heteroatoms. The Morgan fingerprint density at radius 2 is 1.67 bits per heavy atom. The molecule has 2 fully saturated rings. The highest BCUT2D eigenvalue weighted by Gasteiger charge is 2.28. The highest BCUT2D eigenvalue weighted by molar-refractivity contribution is 5.92. The maximum Gasteiger partial charge on any atom is 0.272 e. The van der Waals surface area contributed by atoms with Crippen molar-refractivity contribution in [1.29, 1.82) is 0 Å². The number of rotatable bonds is 3. The smallest absolute Gasteiger partial charge is 0.272 e. The maximum atomic E-state index is 14.3. The van der Waals surface area contributed by atoms with Crippen molar-refractivity contribution in [1.82, 2.24) is 14.8 Å². The van der Waals surface area contributed by atoms with Crippen LogP contribution in [0.15, 0.2) is 36.4 Å². The van der Waals surface area contributed by atoms with Gasteiger partial charge in [0.05, 0.1) is 0 Å². The first-order chi connectivity index (χ1) is 14.0. The average molecular weight is 433 g/mol. The Hall–Kier alpha value is -2.18. The fourth-order valence-electron chi connectivity index (χ4n) is 4.45. The monoisotopic (exact) mass is 432 g/mol. The fourth-order valence-corrected chi connectivity index (χ4v) is 4.45. The lowest BCUT2D eigenvalue weighted by atomic mass is 9.86. The highest BCUT2D eigenvalue weighted by Crippen LogP contribution is 2.32. The van der Waals surface area contributed by atoms with E-state index in [1.54, 1.807) is 12.1 Å². The third-order valence-corrected chi connectivity index (χ3v) is 6.24. The van der Waals surface area contributed by atoms with Gasteiger partial charge in [0.15, 0.2) is 0 Å². The van der Waals surface area contributed by atoms with Crippen LogP contribution in [-0.2, 0) is 0 Å². The van der Waals surface area contributed by atoms with Gasteiger partial charge in [-0.25, -0.2) is 9.37 Å². The molecule has 3 heterocycles. The highest BCUT2D eigenvalue weighted by atomic mass is 35.5. The topological polar surface area (TPSA) is 39.7 Å². The number of nitrogens with zero attached hydrogens (tertiary/aromatic N) is 4. The number of aryl methyl sites for hydroxylation is 1. The van der Waals surface area contributed by atoms with Gasteiger partial charge in [-0.05, 0) is 62.1 Å². The zero-order chi connectivity index (χ0) is 20.4. The van der Waals surface area contributed by atoms with Crippen molar-refractivity contribution in [2.75, 3.05) is 51.2 Å². The number of carbonyl (C=O) groups excluding carboxylic acids is 1. The molecule has 1 aromatic carbocycles. The minimum atomic E-state index is -0.128. The molecule has 0 unspecified atom stereocenters. The van der Waals surface area contributed by atoms with Crippen molar-refractivity contribution in [2.24, 2.45) is 0 Å². The minimum absolute atomic E-state index is 0. The van der Waals surface area contributed by atoms with Crippen LogP contribution in [0.3, 0.4) is 0 Å². The third-order valence-electron chi connectivity index (χ3n) is 6.24. The van der Waals surface area contributed by atoms with Crippen LogP contribution in [0.5, 0.6) is 0 Å². The normalized spacial score (nSPS) is 18.2. The Morgan fingerprint density at radius 1 is 1.00 bits per heavy atom. The van der Waals surface area contributed by atoms with Crippen molar-refractivity contribution in [3.63, 3.8) is 0 Å². The van der Waals surface area contributed by atoms with E-state index >= 15 is 0 Å². The van der Waals surface area contributed by atoms with Crippen molar-refractivity contribution < 1.29 is 9.18 Å². The Balaban J connectivity index is 0.00000256. The molecule has 30 heavy (non-hydrogen) atoms. The number of aromatic nitrogens is 1. The molecule has 5 nitrogen and oxygen atoms in total. The number of piperazine rings is 1. The van der Waals surface area contributed by atoms with Crippen LogP contribution in [0.4, 0.5) is 10.2 Å². The first-order valence-electron chi connectivity index (χ1n) is 10.5. The molecule has 0 atom stereocenters. The largest absolute Gasteiger partial charge is 0.354 e. The molecule has 0 radical (unpaired) electrons. The molecule has 2 aliphatic heterocycles. The second-order valence-corrected chi connectivity index (χ2v) is 8.21. The molecule has 1 aromatic heterocycles. The van der Waals surface area contributed by atoms with E-state index in [1.807, 2.05) is 30.0 Å². The Labute approximate surface area is 184 Å². The standard InChI is InChI=1S/C23H29FN4O.ClH/c1-17-5-3-6-19(24)22(17)18-9-11-28(12-10-18)23(29)20-7-4-8-21(25-20)27-15-13-26(2)14-16-27;/h3-8,18H,9-16H2,1-2H3;1H. The summed E-state index contributed by atoms with van der Waals surface area (Å²) in [4.78, 5) is 24.1. The van der Waals surface area contributed by atoms with Crippen molar-refractivity contribution >= 4 is 24.1 Å². The number of pyridine rings is 1. The first kappa shape index (κ1) is 22.5. The van der Waals surface area contributed by atoms with E-state index in [4.69, 9.17) is 0 Å². The predicted molar refractivity (Wildman–Crippen MR) is 120 cm³/mol. The van der Waals surface area contributed by atoms with Crippen LogP contribution < -0.4 is 4.90 Å². The van der Waals surface area contributed by atoms with Crippen LogP contribution in [-0.4, -0.2) is 67.0 Å². The summed E-state index contributed by atoms with van der Waals surface area (Å²) in [6, 6.07) is 11.0. The van der Waals surface area contributed by atoms with Gasteiger partial charge in [0.2, 0.25) is 0 Å². The number of piperidine rings is 1. The first-order valence-corrected chi connectivity index (χ1v) is 10.5. The van der Waals surface area contributed by atoms with Gasteiger partial charge in [0, 0.05) is 39.3 Å². The van der Waals surface area contributed by atoms with Gasteiger partial charge in [-0.15, -0.1) is 12.4 Å². The molecule has 4 rings (SSSR count). The van der Waals surface area contributed by atoms with Gasteiger partial charge in [-0.2, -0.15) is 0 Å². The van der Waals surface area contributed by atoms with E-state index in [9.17, 15) is 9.18 Å². The lowest BCUT2D eigenvalue weighted by Crippen LogP contribution is -2.45. The summed E-state index contributed by atoms with van der Waals surface area (Å²) in [7, 11) is 2.12. The fraction of sp³-hybridized carbons (Fsp3) is 0.478. The number of likely N-dealkylation sites (tertiary alicyclic amines) is 1. The zero-order valence-electron chi connectivity index (χ0n) is 17.7. The summed E-state index contributed by atoms with van der Waals surface area (Å²) in [6.07, 6.45) is 1.57. The molecule has 2 saturated heterocycles. The number of halogens is 2. The van der Waals surface area contributed by atoms with E-state index in [0.29, 0.717) is 18.8 Å². The van der Waals surface area contributed by atoms with E-state index in [0.717, 1.165) is 56.0 Å². The van der Waals surface area contributed by atoms with E-state index in [-0.39, 0.29) is 30.0 Å². The lowest BCUT2D eigenvalue weighted by molar-refractivity contribution is 0.0706. The van der Waals surface area contributed by atoms with Crippen molar-refractivity contribution in [2.45, 2.75) is 25.7 Å². The van der Waals surface area contributed by atoms with E-state index < -0.39 is 0 Å². The van der Waals surface area contributed by atoms with E-state index in [2.05, 4.69) is 21.8 Å². The second kappa shape index (κ2) is 9.75. The molecular formula is C23H30ClFN4O. The SMILES string of the molecule is Cc1cccc(F)c1C1CCN(C(=O)c2cccc(N3CCN(C)CC3)n2)CC1.Cl. The molecule has 1 amide bonds. The molecular weight excluding hydrogens is 403 g/mol. The van der Waals surface area contributed by atoms with Gasteiger partial charge in [-0.3, -0.25) is 4.79 Å². The number of hydrogen-bond donors (Lipinski definition) is 0. The summed E-state index contributed by atoms with van der Waals surface area (Å²) < 4.78 is 14.3. The Bertz CT molecular complexity index is 857. The van der Waals surface area contributed by atoms with Gasteiger partial charge < -0.3 is 14.7 Å². The molecule has 0 saturated carbocycles. The summed E-state index contributed by atoms with van der Waals surface area (Å²) in [6.45, 7) is 7.09. The van der Waals surface area contributed by atoms with Gasteiger partial charge >= 0.3 is 0 Å². The van der Waals surface area contributed by atoms with Gasteiger partial charge in [0.1, 0.15) is 17.3 Å². The molecule has 0 aliphatic carbocycles. The molecule has 162 valence electrons. The number of hydrogen-bond acceptors (Lipinski definition) is 4. The van der Waals surface area contributed by atoms with Gasteiger partial charge in [0.25, 0.3) is 5.91 Å². The van der Waals surface area contributed by atoms with Crippen LogP contribution in [0, 0.1) is 12.7 Å². The summed E-state index contributed by atoms with van der Waals surface area (Å²) in [5.41, 5.74) is 2.31. The minimum Gasteiger partial charge on any atom is -0.354 e. The number of anilines is 1. The molecule has 2 aromatic rings. The van der Waals surface area contributed by atoms with Crippen molar-refractivity contribution in [3.05, 3.63) is 59.0 Å². The summed E-state index contributed by atoms with van der Waals surface area (Å²) in [5, 5.41) is 0. The third kappa shape index (κ3) is 4.76. The quantitative estimate of drug-likeness (QED) is 0.741. The lowest BCUT2D eigenvalue weighted by Gasteiger charge is -2.34. The molecule has 0 N–H and O–H groups in total. The summed E-state index contributed by atoms with van der Waals surface area (Å²) in [5.74, 6) is 0.895. The Kier molecular flexibility index (Phi) is 7.32. The average Bonchev–Trinajstić information content (AvgIpc) is 2.74. The Morgan fingerprint density at radius 3 is 2.33 bits per heavy atom. The number of likely N-dealkylation sites (N-methyl/N-ethyl adjacent to an activating group) is 1. The molecule has 0 bridgehead atoms. The number of amides is 1. The summed E-state index contributed by atoms with van der Waals surface area (Å²) >= 11 is 0. The van der Waals surface area contributed by atoms with Gasteiger partial charge in [-0.1, -0.05) is 18.2 Å². The van der Waals surface area contributed by atoms with E-state index in [1.165, 1.54) is 6.07 Å². The number of carbonyl (C=O) groups is 1.